The van der Waals surface area contributed by atoms with Gasteiger partial charge in [-0.25, -0.2) is 17.9 Å². The predicted molar refractivity (Wildman–Crippen MR) is 102 cm³/mol. The van der Waals surface area contributed by atoms with E-state index in [9.17, 15) is 18.0 Å². The number of sulfonamides is 1. The first kappa shape index (κ1) is 20.6. The number of esters is 1. The number of nitrogens with one attached hydrogen (secondary N) is 2. The molecule has 2 N–H and O–H groups in total. The minimum atomic E-state index is -3.86. The van der Waals surface area contributed by atoms with E-state index < -0.39 is 28.4 Å². The summed E-state index contributed by atoms with van der Waals surface area (Å²) in [6, 6.07) is 9.86. The van der Waals surface area contributed by atoms with Crippen molar-refractivity contribution in [1.29, 1.82) is 0 Å². The van der Waals surface area contributed by atoms with E-state index in [2.05, 4.69) is 14.8 Å². The summed E-state index contributed by atoms with van der Waals surface area (Å²) in [4.78, 5) is 24.1. The van der Waals surface area contributed by atoms with Crippen molar-refractivity contribution in [3.8, 4) is 0 Å². The number of methoxy groups -OCH3 is 1. The highest BCUT2D eigenvalue weighted by molar-refractivity contribution is 7.89. The summed E-state index contributed by atoms with van der Waals surface area (Å²) >= 11 is 0. The van der Waals surface area contributed by atoms with Crippen molar-refractivity contribution in [2.45, 2.75) is 25.7 Å². The van der Waals surface area contributed by atoms with Crippen LogP contribution in [0, 0.1) is 20.8 Å². The highest BCUT2D eigenvalue weighted by Gasteiger charge is 2.21. The third-order valence-corrected chi connectivity index (χ3v) is 5.61. The predicted octanol–water partition coefficient (Wildman–Crippen LogP) is 2.32. The molecule has 27 heavy (non-hydrogen) atoms. The van der Waals surface area contributed by atoms with Crippen LogP contribution < -0.4 is 10.0 Å². The van der Waals surface area contributed by atoms with Gasteiger partial charge >= 0.3 is 5.97 Å². The number of rotatable bonds is 6. The standard InChI is InChI=1S/C19H22N2O5S/c1-12-9-13(2)18(14(3)10-12)27(24,25)20-11-17(22)21-16-8-6-5-7-15(16)19(23)26-4/h5-10,20H,11H2,1-4H3,(H,21,22). The van der Waals surface area contributed by atoms with Gasteiger partial charge in [0, 0.05) is 0 Å². The van der Waals surface area contributed by atoms with E-state index in [1.54, 1.807) is 38.1 Å². The lowest BCUT2D eigenvalue weighted by Gasteiger charge is -2.14. The molecule has 144 valence electrons. The smallest absolute Gasteiger partial charge is 0.339 e. The number of aryl methyl sites for hydroxylation is 3. The first-order valence-corrected chi connectivity index (χ1v) is 9.68. The van der Waals surface area contributed by atoms with Gasteiger partial charge in [0.25, 0.3) is 0 Å². The SMILES string of the molecule is COC(=O)c1ccccc1NC(=O)CNS(=O)(=O)c1c(C)cc(C)cc1C. The van der Waals surface area contributed by atoms with Crippen molar-refractivity contribution < 1.29 is 22.7 Å². The Kier molecular flexibility index (Phi) is 6.35. The van der Waals surface area contributed by atoms with E-state index >= 15 is 0 Å². The van der Waals surface area contributed by atoms with Crippen molar-refractivity contribution in [2.75, 3.05) is 19.0 Å². The Balaban J connectivity index is 2.14. The molecule has 0 aliphatic heterocycles. The van der Waals surface area contributed by atoms with Crippen LogP contribution in [-0.2, 0) is 19.6 Å². The van der Waals surface area contributed by atoms with Crippen LogP contribution in [0.25, 0.3) is 0 Å². The molecule has 1 amide bonds. The van der Waals surface area contributed by atoms with Crippen LogP contribution in [0.2, 0.25) is 0 Å². The third kappa shape index (κ3) is 4.93. The van der Waals surface area contributed by atoms with Crippen LogP contribution >= 0.6 is 0 Å². The molecular formula is C19H22N2O5S. The first-order chi connectivity index (χ1) is 12.7. The van der Waals surface area contributed by atoms with Gasteiger partial charge in [-0.1, -0.05) is 29.8 Å². The van der Waals surface area contributed by atoms with Gasteiger partial charge in [-0.2, -0.15) is 0 Å². The molecule has 0 saturated heterocycles. The summed E-state index contributed by atoms with van der Waals surface area (Å²) < 4.78 is 32.2. The molecule has 0 heterocycles. The van der Waals surface area contributed by atoms with Crippen molar-refractivity contribution in [3.05, 3.63) is 58.7 Å². The Labute approximate surface area is 158 Å². The van der Waals surface area contributed by atoms with Gasteiger partial charge in [-0.15, -0.1) is 0 Å². The van der Waals surface area contributed by atoms with E-state index in [-0.39, 0.29) is 16.1 Å². The zero-order chi connectivity index (χ0) is 20.2. The molecule has 8 heteroatoms. The Hall–Kier alpha value is -2.71. The van der Waals surface area contributed by atoms with Crippen LogP contribution in [0.15, 0.2) is 41.3 Å². The summed E-state index contributed by atoms with van der Waals surface area (Å²) in [6.45, 7) is 4.84. The minimum absolute atomic E-state index is 0.163. The Morgan fingerprint density at radius 2 is 1.63 bits per heavy atom. The van der Waals surface area contributed by atoms with Gasteiger partial charge in [0.15, 0.2) is 0 Å². The largest absolute Gasteiger partial charge is 0.465 e. The fourth-order valence-corrected chi connectivity index (χ4v) is 4.33. The highest BCUT2D eigenvalue weighted by Crippen LogP contribution is 2.21. The van der Waals surface area contributed by atoms with E-state index in [0.717, 1.165) is 5.56 Å². The van der Waals surface area contributed by atoms with E-state index in [1.807, 2.05) is 6.92 Å². The molecule has 0 radical (unpaired) electrons. The van der Waals surface area contributed by atoms with Crippen LogP contribution in [0.5, 0.6) is 0 Å². The van der Waals surface area contributed by atoms with Crippen molar-refractivity contribution >= 4 is 27.6 Å². The van der Waals surface area contributed by atoms with Crippen molar-refractivity contribution in [2.24, 2.45) is 0 Å². The highest BCUT2D eigenvalue weighted by atomic mass is 32.2. The molecule has 0 saturated carbocycles. The molecule has 2 aromatic rings. The summed E-state index contributed by atoms with van der Waals surface area (Å²) in [6.07, 6.45) is 0. The summed E-state index contributed by atoms with van der Waals surface area (Å²) in [7, 11) is -2.62. The molecule has 0 fully saturated rings. The maximum absolute atomic E-state index is 12.6. The van der Waals surface area contributed by atoms with Gasteiger partial charge < -0.3 is 10.1 Å². The molecule has 2 aromatic carbocycles. The third-order valence-electron chi connectivity index (χ3n) is 3.90. The minimum Gasteiger partial charge on any atom is -0.465 e. The van der Waals surface area contributed by atoms with Crippen LogP contribution in [0.4, 0.5) is 5.69 Å². The van der Waals surface area contributed by atoms with Gasteiger partial charge in [-0.3, -0.25) is 4.79 Å². The summed E-state index contributed by atoms with van der Waals surface area (Å²) in [5.41, 5.74) is 2.60. The molecule has 7 nitrogen and oxygen atoms in total. The average molecular weight is 390 g/mol. The van der Waals surface area contributed by atoms with Crippen LogP contribution in [0.1, 0.15) is 27.0 Å². The summed E-state index contributed by atoms with van der Waals surface area (Å²) in [5, 5.41) is 2.52. The zero-order valence-electron chi connectivity index (χ0n) is 15.6. The van der Waals surface area contributed by atoms with E-state index in [4.69, 9.17) is 0 Å². The van der Waals surface area contributed by atoms with Gasteiger partial charge in [0.1, 0.15) is 0 Å². The van der Waals surface area contributed by atoms with Crippen LogP contribution in [0.3, 0.4) is 0 Å². The number of carbonyl (C=O) groups is 2. The molecule has 2 rings (SSSR count). The van der Waals surface area contributed by atoms with Gasteiger partial charge in [0.2, 0.25) is 15.9 Å². The molecule has 0 aromatic heterocycles. The lowest BCUT2D eigenvalue weighted by atomic mass is 10.1. The van der Waals surface area contributed by atoms with Gasteiger partial charge in [-0.05, 0) is 44.0 Å². The number of para-hydroxylation sites is 1. The topological polar surface area (TPSA) is 102 Å². The maximum Gasteiger partial charge on any atom is 0.339 e. The van der Waals surface area contributed by atoms with Crippen molar-refractivity contribution in [3.63, 3.8) is 0 Å². The second-order valence-corrected chi connectivity index (χ2v) is 7.84. The number of hydrogen-bond donors (Lipinski definition) is 2. The monoisotopic (exact) mass is 390 g/mol. The number of amides is 1. The van der Waals surface area contributed by atoms with Crippen molar-refractivity contribution in [1.82, 2.24) is 4.72 Å². The lowest BCUT2D eigenvalue weighted by molar-refractivity contribution is -0.115. The average Bonchev–Trinajstić information content (AvgIpc) is 2.58. The number of carbonyl (C=O) groups excluding carboxylic acids is 2. The normalized spacial score (nSPS) is 11.1. The molecule has 0 aliphatic rings. The fraction of sp³-hybridized carbons (Fsp3) is 0.263. The van der Waals surface area contributed by atoms with Gasteiger partial charge in [0.05, 0.1) is 29.8 Å². The Morgan fingerprint density at radius 3 is 2.22 bits per heavy atom. The quantitative estimate of drug-likeness (QED) is 0.737. The lowest BCUT2D eigenvalue weighted by Crippen LogP contribution is -2.34. The first-order valence-electron chi connectivity index (χ1n) is 8.20. The maximum atomic E-state index is 12.6. The second-order valence-electron chi connectivity index (χ2n) is 6.14. The second kappa shape index (κ2) is 8.32. The number of benzene rings is 2. The number of anilines is 1. The van der Waals surface area contributed by atoms with Crippen LogP contribution in [-0.4, -0.2) is 33.9 Å². The van der Waals surface area contributed by atoms with E-state index in [1.165, 1.54) is 19.2 Å². The number of hydrogen-bond acceptors (Lipinski definition) is 5. The van der Waals surface area contributed by atoms with E-state index in [0.29, 0.717) is 11.1 Å². The Morgan fingerprint density at radius 1 is 1.04 bits per heavy atom. The molecule has 0 unspecified atom stereocenters. The fourth-order valence-electron chi connectivity index (χ4n) is 2.90. The molecule has 0 aliphatic carbocycles. The Bertz CT molecular complexity index is 960. The molecule has 0 bridgehead atoms. The molecule has 0 atom stereocenters. The molecule has 0 spiro atoms. The summed E-state index contributed by atoms with van der Waals surface area (Å²) in [5.74, 6) is -1.20. The molecular weight excluding hydrogens is 368 g/mol. The zero-order valence-corrected chi connectivity index (χ0v) is 16.4. The number of ether oxygens (including phenoxy) is 1.